The van der Waals surface area contributed by atoms with Gasteiger partial charge in [-0.2, -0.15) is 5.26 Å². The van der Waals surface area contributed by atoms with Crippen LogP contribution in [0.25, 0.3) is 16.3 Å². The molecule has 3 aromatic rings. The van der Waals surface area contributed by atoms with Crippen molar-refractivity contribution >= 4 is 38.7 Å². The van der Waals surface area contributed by atoms with Gasteiger partial charge in [0.05, 0.1) is 17.3 Å². The molecule has 0 saturated carbocycles. The number of carbonyl (C=O) groups excluding carboxylic acids is 1. The number of aryl methyl sites for hydroxylation is 2. The van der Waals surface area contributed by atoms with Crippen LogP contribution in [0.2, 0.25) is 0 Å². The number of hydrogen-bond acceptors (Lipinski definition) is 6. The van der Waals surface area contributed by atoms with Crippen LogP contribution in [0, 0.1) is 25.2 Å². The number of fused-ring (bicyclic) bond motifs is 1. The van der Waals surface area contributed by atoms with E-state index in [1.165, 1.54) is 24.5 Å². The second-order valence-corrected chi connectivity index (χ2v) is 7.59. The molecule has 2 aromatic carbocycles. The van der Waals surface area contributed by atoms with Gasteiger partial charge in [0.1, 0.15) is 18.2 Å². The van der Waals surface area contributed by atoms with Crippen molar-refractivity contribution in [1.82, 2.24) is 4.98 Å². The molecule has 3 rings (SSSR count). The van der Waals surface area contributed by atoms with Crippen LogP contribution in [0.1, 0.15) is 16.7 Å². The number of anilines is 1. The summed E-state index contributed by atoms with van der Waals surface area (Å²) in [6.07, 6.45) is 3.13. The first-order chi connectivity index (χ1) is 14.4. The Morgan fingerprint density at radius 3 is 2.73 bits per heavy atom. The van der Waals surface area contributed by atoms with Crippen LogP contribution >= 0.6 is 11.3 Å². The number of hydrogen-bond donors (Lipinski definition) is 1. The van der Waals surface area contributed by atoms with Gasteiger partial charge in [0.15, 0.2) is 16.6 Å². The Hall–Kier alpha value is -3.63. The fourth-order valence-corrected chi connectivity index (χ4v) is 3.70. The molecule has 0 aliphatic heterocycles. The number of nitriles is 1. The molecule has 0 bridgehead atoms. The summed E-state index contributed by atoms with van der Waals surface area (Å²) in [7, 11) is 1.53. The number of amides is 1. The summed E-state index contributed by atoms with van der Waals surface area (Å²) in [5.74, 6) is 0.536. The SMILES string of the molecule is C=CCOc1ccc(/C=C(\C#N)C(=O)Nc2nc3cc(C)c(C)cc3s2)cc1OC. The Kier molecular flexibility index (Phi) is 6.50. The molecule has 0 atom stereocenters. The van der Waals surface area contributed by atoms with Crippen LogP contribution in [0.4, 0.5) is 5.13 Å². The van der Waals surface area contributed by atoms with Crippen molar-refractivity contribution in [3.05, 3.63) is 65.3 Å². The van der Waals surface area contributed by atoms with E-state index in [-0.39, 0.29) is 5.57 Å². The summed E-state index contributed by atoms with van der Waals surface area (Å²) < 4.78 is 11.8. The second kappa shape index (κ2) is 9.25. The molecule has 1 aromatic heterocycles. The maximum Gasteiger partial charge on any atom is 0.268 e. The molecular weight excluding hydrogens is 398 g/mol. The number of methoxy groups -OCH3 is 1. The fourth-order valence-electron chi connectivity index (χ4n) is 2.76. The highest BCUT2D eigenvalue weighted by Crippen LogP contribution is 2.30. The van der Waals surface area contributed by atoms with E-state index in [4.69, 9.17) is 9.47 Å². The summed E-state index contributed by atoms with van der Waals surface area (Å²) in [6.45, 7) is 8.01. The van der Waals surface area contributed by atoms with Crippen LogP contribution in [0.5, 0.6) is 11.5 Å². The number of carbonyl (C=O) groups is 1. The van der Waals surface area contributed by atoms with Gasteiger partial charge in [-0.3, -0.25) is 10.1 Å². The van der Waals surface area contributed by atoms with E-state index < -0.39 is 5.91 Å². The van der Waals surface area contributed by atoms with Gasteiger partial charge in [0.2, 0.25) is 0 Å². The molecule has 0 unspecified atom stereocenters. The number of thiazole rings is 1. The summed E-state index contributed by atoms with van der Waals surface area (Å²) >= 11 is 1.37. The van der Waals surface area contributed by atoms with Gasteiger partial charge >= 0.3 is 0 Å². The van der Waals surface area contributed by atoms with E-state index in [1.54, 1.807) is 24.3 Å². The lowest BCUT2D eigenvalue weighted by Crippen LogP contribution is -2.13. The first-order valence-corrected chi connectivity index (χ1v) is 9.99. The predicted octanol–water partition coefficient (Wildman–Crippen LogP) is 5.03. The van der Waals surface area contributed by atoms with Crippen molar-refractivity contribution < 1.29 is 14.3 Å². The van der Waals surface area contributed by atoms with Gasteiger partial charge in [-0.05, 0) is 60.9 Å². The van der Waals surface area contributed by atoms with Crippen molar-refractivity contribution in [3.63, 3.8) is 0 Å². The molecule has 0 spiro atoms. The zero-order chi connectivity index (χ0) is 21.7. The minimum absolute atomic E-state index is 0.0385. The standard InChI is InChI=1S/C23H21N3O3S/c1-5-8-29-19-7-6-16(12-20(19)28-4)11-17(13-24)22(27)26-23-25-18-9-14(2)15(3)10-21(18)30-23/h5-7,9-12H,1,8H2,2-4H3,(H,25,26,27)/b17-11+. The molecular formula is C23H21N3O3S. The monoisotopic (exact) mass is 419 g/mol. The molecule has 1 heterocycles. The molecule has 30 heavy (non-hydrogen) atoms. The average molecular weight is 420 g/mol. The number of nitrogens with zero attached hydrogens (tertiary/aromatic N) is 2. The molecule has 1 amide bonds. The number of nitrogens with one attached hydrogen (secondary N) is 1. The summed E-state index contributed by atoms with van der Waals surface area (Å²) in [6, 6.07) is 11.1. The van der Waals surface area contributed by atoms with E-state index in [0.29, 0.717) is 28.8 Å². The largest absolute Gasteiger partial charge is 0.493 e. The van der Waals surface area contributed by atoms with Crippen LogP contribution in [-0.4, -0.2) is 24.6 Å². The third-order valence-corrected chi connectivity index (χ3v) is 5.38. The topological polar surface area (TPSA) is 84.2 Å². The molecule has 0 aliphatic rings. The lowest BCUT2D eigenvalue weighted by atomic mass is 10.1. The molecule has 7 heteroatoms. The Bertz CT molecular complexity index is 1150. The Morgan fingerprint density at radius 2 is 2.03 bits per heavy atom. The maximum absolute atomic E-state index is 12.6. The molecule has 6 nitrogen and oxygen atoms in total. The van der Waals surface area contributed by atoms with E-state index >= 15 is 0 Å². The van der Waals surface area contributed by atoms with Gasteiger partial charge < -0.3 is 9.47 Å². The summed E-state index contributed by atoms with van der Waals surface area (Å²) in [5.41, 5.74) is 3.72. The maximum atomic E-state index is 12.6. The minimum Gasteiger partial charge on any atom is -0.493 e. The van der Waals surface area contributed by atoms with Gasteiger partial charge in [-0.15, -0.1) is 0 Å². The molecule has 0 radical (unpaired) electrons. The normalized spacial score (nSPS) is 11.1. The van der Waals surface area contributed by atoms with Gasteiger partial charge in [0.25, 0.3) is 5.91 Å². The van der Waals surface area contributed by atoms with Crippen molar-refractivity contribution in [1.29, 1.82) is 5.26 Å². The third kappa shape index (κ3) is 4.67. The molecule has 152 valence electrons. The zero-order valence-corrected chi connectivity index (χ0v) is 17.8. The van der Waals surface area contributed by atoms with Crippen molar-refractivity contribution in [3.8, 4) is 17.6 Å². The Morgan fingerprint density at radius 1 is 1.27 bits per heavy atom. The average Bonchev–Trinajstić information content (AvgIpc) is 3.11. The van der Waals surface area contributed by atoms with Crippen LogP contribution < -0.4 is 14.8 Å². The van der Waals surface area contributed by atoms with E-state index in [9.17, 15) is 10.1 Å². The predicted molar refractivity (Wildman–Crippen MR) is 120 cm³/mol. The lowest BCUT2D eigenvalue weighted by molar-refractivity contribution is -0.112. The van der Waals surface area contributed by atoms with Crippen molar-refractivity contribution in [2.75, 3.05) is 19.0 Å². The number of rotatable bonds is 7. The van der Waals surface area contributed by atoms with Gasteiger partial charge in [-0.25, -0.2) is 4.98 Å². The lowest BCUT2D eigenvalue weighted by Gasteiger charge is -2.10. The number of ether oxygens (including phenoxy) is 2. The molecule has 0 fully saturated rings. The molecule has 0 aliphatic carbocycles. The summed E-state index contributed by atoms with van der Waals surface area (Å²) in [4.78, 5) is 17.1. The van der Waals surface area contributed by atoms with E-state index in [1.807, 2.05) is 32.0 Å². The summed E-state index contributed by atoms with van der Waals surface area (Å²) in [5, 5.41) is 12.7. The highest BCUT2D eigenvalue weighted by atomic mass is 32.1. The second-order valence-electron chi connectivity index (χ2n) is 6.56. The minimum atomic E-state index is -0.518. The number of benzene rings is 2. The quantitative estimate of drug-likeness (QED) is 0.330. The molecule has 0 saturated heterocycles. The van der Waals surface area contributed by atoms with Gasteiger partial charge in [-0.1, -0.05) is 30.1 Å². The number of aromatic nitrogens is 1. The zero-order valence-electron chi connectivity index (χ0n) is 17.0. The van der Waals surface area contributed by atoms with Gasteiger partial charge in [0, 0.05) is 0 Å². The van der Waals surface area contributed by atoms with Crippen molar-refractivity contribution in [2.24, 2.45) is 0 Å². The van der Waals surface area contributed by atoms with Crippen molar-refractivity contribution in [2.45, 2.75) is 13.8 Å². The third-order valence-electron chi connectivity index (χ3n) is 4.44. The first kappa shape index (κ1) is 21.1. The van der Waals surface area contributed by atoms with E-state index in [2.05, 4.69) is 16.9 Å². The fraction of sp³-hybridized carbons (Fsp3) is 0.174. The molecule has 1 N–H and O–H groups in total. The first-order valence-electron chi connectivity index (χ1n) is 9.17. The van der Waals surface area contributed by atoms with Crippen LogP contribution in [-0.2, 0) is 4.79 Å². The Balaban J connectivity index is 1.83. The van der Waals surface area contributed by atoms with Crippen LogP contribution in [0.3, 0.4) is 0 Å². The van der Waals surface area contributed by atoms with E-state index in [0.717, 1.165) is 21.3 Å². The Labute approximate surface area is 179 Å². The highest BCUT2D eigenvalue weighted by molar-refractivity contribution is 7.22. The smallest absolute Gasteiger partial charge is 0.268 e. The van der Waals surface area contributed by atoms with Crippen LogP contribution in [0.15, 0.2) is 48.6 Å². The highest BCUT2D eigenvalue weighted by Gasteiger charge is 2.14.